The Morgan fingerprint density at radius 3 is 1.54 bits per heavy atom. The molecule has 3 aliphatic rings. The van der Waals surface area contributed by atoms with Gasteiger partial charge in [-0.05, 0) is 163 Å². The maximum Gasteiger partial charge on any atom is 0.0543 e. The molecule has 290 valence electrons. The van der Waals surface area contributed by atoms with E-state index in [1.165, 1.54) is 115 Å². The van der Waals surface area contributed by atoms with Crippen molar-refractivity contribution in [3.8, 4) is 33.4 Å². The summed E-state index contributed by atoms with van der Waals surface area (Å²) in [5.74, 6) is 0. The number of hydrogen-bond acceptors (Lipinski definition) is 1. The third kappa shape index (κ3) is 6.02. The second kappa shape index (κ2) is 12.8. The molecule has 0 saturated heterocycles. The molecule has 0 unspecified atom stereocenters. The molecule has 0 fully saturated rings. The predicted octanol–water partition coefficient (Wildman–Crippen LogP) is 15.8. The van der Waals surface area contributed by atoms with Gasteiger partial charge in [-0.3, -0.25) is 0 Å². The van der Waals surface area contributed by atoms with Crippen molar-refractivity contribution in [3.05, 3.63) is 160 Å². The number of benzene rings is 6. The highest BCUT2D eigenvalue weighted by Gasteiger charge is 2.41. The molecule has 6 aromatic carbocycles. The number of hydrogen-bond donors (Lipinski definition) is 0. The van der Waals surface area contributed by atoms with Crippen LogP contribution in [0.2, 0.25) is 0 Å². The van der Waals surface area contributed by atoms with Crippen LogP contribution in [0.25, 0.3) is 33.4 Å². The Labute approximate surface area is 343 Å². The molecule has 1 heteroatoms. The molecule has 1 nitrogen and oxygen atoms in total. The van der Waals surface area contributed by atoms with Crippen LogP contribution >= 0.6 is 0 Å². The lowest BCUT2D eigenvalue weighted by Gasteiger charge is -2.43. The Morgan fingerprint density at radius 2 is 0.895 bits per heavy atom. The fourth-order valence-electron chi connectivity index (χ4n) is 10.7. The Bertz CT molecular complexity index is 2540. The smallest absolute Gasteiger partial charge is 0.0543 e. The van der Waals surface area contributed by atoms with Crippen molar-refractivity contribution in [1.29, 1.82) is 0 Å². The average molecular weight is 748 g/mol. The molecule has 57 heavy (non-hydrogen) atoms. The number of fused-ring (bicyclic) bond motifs is 5. The lowest BCUT2D eigenvalue weighted by Crippen LogP contribution is -2.34. The minimum Gasteiger partial charge on any atom is -0.310 e. The second-order valence-electron chi connectivity index (χ2n) is 20.8. The van der Waals surface area contributed by atoms with Crippen LogP contribution in [-0.4, -0.2) is 0 Å². The van der Waals surface area contributed by atoms with Gasteiger partial charge in [-0.25, -0.2) is 0 Å². The van der Waals surface area contributed by atoms with E-state index in [-0.39, 0.29) is 27.1 Å². The highest BCUT2D eigenvalue weighted by molar-refractivity contribution is 5.96. The second-order valence-corrected chi connectivity index (χ2v) is 20.8. The fraction of sp³-hybridized carbons (Fsp3) is 0.357. The molecule has 0 N–H and O–H groups in total. The highest BCUT2D eigenvalue weighted by Crippen LogP contribution is 2.56. The first-order chi connectivity index (χ1) is 26.9. The first kappa shape index (κ1) is 37.7. The lowest BCUT2D eigenvalue weighted by atomic mass is 9.62. The van der Waals surface area contributed by atoms with Gasteiger partial charge in [0.05, 0.1) is 5.69 Å². The summed E-state index contributed by atoms with van der Waals surface area (Å²) in [5.41, 5.74) is 21.9. The summed E-state index contributed by atoms with van der Waals surface area (Å²) in [6.45, 7) is 26.7. The molecule has 0 radical (unpaired) electrons. The Hall–Kier alpha value is -4.88. The Morgan fingerprint density at radius 1 is 0.368 bits per heavy atom. The van der Waals surface area contributed by atoms with E-state index >= 15 is 0 Å². The largest absolute Gasteiger partial charge is 0.310 e. The van der Waals surface area contributed by atoms with E-state index in [4.69, 9.17) is 0 Å². The van der Waals surface area contributed by atoms with E-state index in [1.54, 1.807) is 0 Å². The van der Waals surface area contributed by atoms with Crippen LogP contribution in [0.15, 0.2) is 121 Å². The summed E-state index contributed by atoms with van der Waals surface area (Å²) in [6, 6.07) is 46.9. The Balaban J connectivity index is 1.36. The average Bonchev–Trinajstić information content (AvgIpc) is 3.41. The van der Waals surface area contributed by atoms with Gasteiger partial charge in [0.25, 0.3) is 0 Å². The molecule has 0 atom stereocenters. The number of rotatable bonds is 5. The van der Waals surface area contributed by atoms with Crippen molar-refractivity contribution in [1.82, 2.24) is 0 Å². The molecule has 9 rings (SSSR count). The van der Waals surface area contributed by atoms with Gasteiger partial charge in [0, 0.05) is 22.4 Å². The molecule has 0 spiro atoms. The van der Waals surface area contributed by atoms with Gasteiger partial charge >= 0.3 is 0 Å². The standard InChI is InChI=1S/C56H61N/c1-36-31-48-50(55(8,9)30-29-53(48,4)5)34-42(36)44-33-43-41-19-15-16-20-45(41)56(10,11)47(43)35-51(44)57(39-23-21-38(22-24-39)37-17-13-12-14-18-37)40-25-26-46-49(32-40)54(6,7)28-27-52(46,2)3/h12-26,31-35H,27-30H2,1-11H3. The van der Waals surface area contributed by atoms with Crippen LogP contribution in [0.4, 0.5) is 17.1 Å². The van der Waals surface area contributed by atoms with Gasteiger partial charge in [0.2, 0.25) is 0 Å². The van der Waals surface area contributed by atoms with E-state index < -0.39 is 0 Å². The van der Waals surface area contributed by atoms with Crippen LogP contribution in [0, 0.1) is 6.92 Å². The molecular weight excluding hydrogens is 687 g/mol. The van der Waals surface area contributed by atoms with E-state index in [0.29, 0.717) is 0 Å². The zero-order valence-electron chi connectivity index (χ0n) is 36.3. The van der Waals surface area contributed by atoms with Crippen LogP contribution < -0.4 is 4.90 Å². The summed E-state index contributed by atoms with van der Waals surface area (Å²) >= 11 is 0. The molecule has 0 amide bonds. The number of anilines is 3. The zero-order chi connectivity index (χ0) is 40.3. The molecule has 0 heterocycles. The molecule has 0 bridgehead atoms. The van der Waals surface area contributed by atoms with Crippen molar-refractivity contribution in [2.24, 2.45) is 0 Å². The third-order valence-electron chi connectivity index (χ3n) is 14.8. The number of nitrogens with zero attached hydrogens (tertiary/aromatic N) is 1. The first-order valence-electron chi connectivity index (χ1n) is 21.4. The summed E-state index contributed by atoms with van der Waals surface area (Å²) in [4.78, 5) is 2.59. The minimum atomic E-state index is -0.138. The maximum absolute atomic E-state index is 2.60. The Kier molecular flexibility index (Phi) is 8.47. The van der Waals surface area contributed by atoms with E-state index in [9.17, 15) is 0 Å². The summed E-state index contributed by atoms with van der Waals surface area (Å²) in [6.07, 6.45) is 4.78. The number of aryl methyl sites for hydroxylation is 1. The van der Waals surface area contributed by atoms with Crippen molar-refractivity contribution < 1.29 is 0 Å². The SMILES string of the molecule is Cc1cc2c(cc1-c1cc3c(cc1N(c1ccc(-c4ccccc4)cc1)c1ccc4c(c1)C(C)(C)CCC4(C)C)C(C)(C)c1ccccc1-3)C(C)(C)CCC2(C)C. The zero-order valence-corrected chi connectivity index (χ0v) is 36.3. The highest BCUT2D eigenvalue weighted by atomic mass is 15.1. The van der Waals surface area contributed by atoms with Crippen molar-refractivity contribution >= 4 is 17.1 Å². The van der Waals surface area contributed by atoms with Crippen LogP contribution in [0.5, 0.6) is 0 Å². The van der Waals surface area contributed by atoms with Crippen LogP contribution in [0.1, 0.15) is 134 Å². The lowest BCUT2D eigenvalue weighted by molar-refractivity contribution is 0.332. The quantitative estimate of drug-likeness (QED) is 0.170. The summed E-state index contributed by atoms with van der Waals surface area (Å²) < 4.78 is 0. The van der Waals surface area contributed by atoms with Crippen LogP contribution in [0.3, 0.4) is 0 Å². The van der Waals surface area contributed by atoms with Gasteiger partial charge in [-0.2, -0.15) is 0 Å². The molecule has 0 aliphatic heterocycles. The van der Waals surface area contributed by atoms with E-state index in [0.717, 1.165) is 0 Å². The monoisotopic (exact) mass is 747 g/mol. The van der Waals surface area contributed by atoms with Crippen molar-refractivity contribution in [2.45, 2.75) is 129 Å². The molecule has 0 saturated carbocycles. The van der Waals surface area contributed by atoms with Gasteiger partial charge in [-0.15, -0.1) is 0 Å². The van der Waals surface area contributed by atoms with Crippen LogP contribution in [-0.2, 0) is 27.1 Å². The molecular formula is C56H61N. The molecule has 0 aromatic heterocycles. The van der Waals surface area contributed by atoms with Gasteiger partial charge in [-0.1, -0.05) is 148 Å². The third-order valence-corrected chi connectivity index (χ3v) is 14.8. The van der Waals surface area contributed by atoms with Gasteiger partial charge in [0.1, 0.15) is 0 Å². The molecule has 3 aliphatic carbocycles. The van der Waals surface area contributed by atoms with E-state index in [1.807, 2.05) is 0 Å². The van der Waals surface area contributed by atoms with Crippen molar-refractivity contribution in [2.75, 3.05) is 4.90 Å². The van der Waals surface area contributed by atoms with Gasteiger partial charge in [0.15, 0.2) is 0 Å². The topological polar surface area (TPSA) is 3.24 Å². The fourth-order valence-corrected chi connectivity index (χ4v) is 10.7. The normalized spacial score (nSPS) is 18.9. The van der Waals surface area contributed by atoms with Gasteiger partial charge < -0.3 is 4.90 Å². The predicted molar refractivity (Wildman–Crippen MR) is 245 cm³/mol. The first-order valence-corrected chi connectivity index (χ1v) is 21.4. The summed E-state index contributed by atoms with van der Waals surface area (Å²) in [5, 5.41) is 0. The van der Waals surface area contributed by atoms with E-state index in [2.05, 4.69) is 202 Å². The summed E-state index contributed by atoms with van der Waals surface area (Å²) in [7, 11) is 0. The molecule has 6 aromatic rings. The minimum absolute atomic E-state index is 0.0849. The van der Waals surface area contributed by atoms with Crippen molar-refractivity contribution in [3.63, 3.8) is 0 Å². The maximum atomic E-state index is 2.60.